The summed E-state index contributed by atoms with van der Waals surface area (Å²) in [4.78, 5) is 23.9. The number of benzene rings is 1. The number of carbonyl (C=O) groups is 1. The van der Waals surface area contributed by atoms with Crippen LogP contribution in [0.15, 0.2) is 30.5 Å². The van der Waals surface area contributed by atoms with Gasteiger partial charge in [0, 0.05) is 49.1 Å². The highest BCUT2D eigenvalue weighted by Crippen LogP contribution is 2.35. The first kappa shape index (κ1) is 19.5. The lowest BCUT2D eigenvalue weighted by molar-refractivity contribution is -0.132. The molecule has 0 spiro atoms. The molecule has 3 N–H and O–H groups in total. The fourth-order valence-electron chi connectivity index (χ4n) is 4.78. The average molecular weight is 418 g/mol. The molecule has 0 saturated carbocycles. The number of aromatic nitrogens is 5. The SMILES string of the molecule is CCC(=O)N1CCCC(c2nc3c(N)nc4cc(-c5ccn[nH]5)ccc4c3n2CC)C1. The van der Waals surface area contributed by atoms with Gasteiger partial charge in [-0.15, -0.1) is 0 Å². The molecule has 1 aromatic carbocycles. The van der Waals surface area contributed by atoms with Gasteiger partial charge >= 0.3 is 0 Å². The van der Waals surface area contributed by atoms with Gasteiger partial charge in [0.1, 0.15) is 11.3 Å². The third-order valence-electron chi connectivity index (χ3n) is 6.30. The number of imidazole rings is 1. The molecule has 0 radical (unpaired) electrons. The highest BCUT2D eigenvalue weighted by atomic mass is 16.2. The van der Waals surface area contributed by atoms with Crippen LogP contribution in [0.4, 0.5) is 5.82 Å². The van der Waals surface area contributed by atoms with Crippen molar-refractivity contribution in [2.45, 2.75) is 45.6 Å². The predicted molar refractivity (Wildman–Crippen MR) is 122 cm³/mol. The van der Waals surface area contributed by atoms with E-state index in [9.17, 15) is 4.79 Å². The molecule has 5 rings (SSSR count). The van der Waals surface area contributed by atoms with Gasteiger partial charge in [-0.3, -0.25) is 9.89 Å². The lowest BCUT2D eigenvalue weighted by atomic mass is 9.97. The standard InChI is InChI=1S/C23H27N7O/c1-3-19(31)29-11-5-6-15(13-29)23-27-20-21(30(23)4-2)16-8-7-14(17-9-10-25-28-17)12-18(16)26-22(20)24/h7-10,12,15H,3-6,11,13H2,1-2H3,(H2,24,26)(H,25,28). The van der Waals surface area contributed by atoms with E-state index >= 15 is 0 Å². The van der Waals surface area contributed by atoms with Crippen molar-refractivity contribution < 1.29 is 4.79 Å². The largest absolute Gasteiger partial charge is 0.382 e. The smallest absolute Gasteiger partial charge is 0.222 e. The van der Waals surface area contributed by atoms with Crippen LogP contribution in [0.1, 0.15) is 44.9 Å². The summed E-state index contributed by atoms with van der Waals surface area (Å²) in [5, 5.41) is 8.07. The van der Waals surface area contributed by atoms with E-state index in [0.29, 0.717) is 18.8 Å². The Kier molecular flexibility index (Phi) is 4.84. The van der Waals surface area contributed by atoms with E-state index < -0.39 is 0 Å². The summed E-state index contributed by atoms with van der Waals surface area (Å²) in [6, 6.07) is 8.13. The number of nitrogens with one attached hydrogen (secondary N) is 1. The maximum Gasteiger partial charge on any atom is 0.222 e. The maximum atomic E-state index is 12.3. The van der Waals surface area contributed by atoms with Gasteiger partial charge in [-0.05, 0) is 38.0 Å². The molecule has 0 aliphatic carbocycles. The molecule has 1 fully saturated rings. The molecule has 1 amide bonds. The molecular weight excluding hydrogens is 390 g/mol. The molecule has 31 heavy (non-hydrogen) atoms. The number of likely N-dealkylation sites (tertiary alicyclic amines) is 1. The van der Waals surface area contributed by atoms with Crippen molar-refractivity contribution in [2.24, 2.45) is 0 Å². The lowest BCUT2D eigenvalue weighted by Gasteiger charge is -2.32. The average Bonchev–Trinajstić information content (AvgIpc) is 3.47. The van der Waals surface area contributed by atoms with Crippen LogP contribution >= 0.6 is 0 Å². The molecule has 3 aromatic heterocycles. The Morgan fingerprint density at radius 1 is 1.26 bits per heavy atom. The van der Waals surface area contributed by atoms with E-state index in [1.807, 2.05) is 24.0 Å². The molecule has 1 atom stereocenters. The van der Waals surface area contributed by atoms with Crippen LogP contribution in [0, 0.1) is 0 Å². The number of amides is 1. The molecule has 160 valence electrons. The van der Waals surface area contributed by atoms with Gasteiger partial charge < -0.3 is 15.2 Å². The molecule has 1 aliphatic rings. The van der Waals surface area contributed by atoms with E-state index in [1.54, 1.807) is 6.20 Å². The Bertz CT molecular complexity index is 1260. The van der Waals surface area contributed by atoms with Crippen LogP contribution in [0.25, 0.3) is 33.2 Å². The summed E-state index contributed by atoms with van der Waals surface area (Å²) >= 11 is 0. The zero-order chi connectivity index (χ0) is 21.5. The minimum Gasteiger partial charge on any atom is -0.382 e. The lowest BCUT2D eigenvalue weighted by Crippen LogP contribution is -2.39. The van der Waals surface area contributed by atoms with E-state index in [0.717, 1.165) is 64.9 Å². The Hall–Kier alpha value is -3.42. The number of hydrogen-bond donors (Lipinski definition) is 2. The normalized spacial score (nSPS) is 17.0. The number of piperidine rings is 1. The number of carbonyl (C=O) groups excluding carboxylic acids is 1. The second-order valence-corrected chi connectivity index (χ2v) is 8.14. The van der Waals surface area contributed by atoms with Crippen molar-refractivity contribution in [3.63, 3.8) is 0 Å². The van der Waals surface area contributed by atoms with Gasteiger partial charge in [-0.25, -0.2) is 9.97 Å². The molecule has 0 bridgehead atoms. The summed E-state index contributed by atoms with van der Waals surface area (Å²) in [7, 11) is 0. The van der Waals surface area contributed by atoms with Crippen molar-refractivity contribution in [1.29, 1.82) is 0 Å². The molecule has 1 unspecified atom stereocenters. The number of H-pyrrole nitrogens is 1. The number of nitrogens with zero attached hydrogens (tertiary/aromatic N) is 5. The number of pyridine rings is 1. The monoisotopic (exact) mass is 417 g/mol. The van der Waals surface area contributed by atoms with Crippen LogP contribution in [-0.4, -0.2) is 48.6 Å². The van der Waals surface area contributed by atoms with Gasteiger partial charge in [0.05, 0.1) is 16.7 Å². The van der Waals surface area contributed by atoms with E-state index in [-0.39, 0.29) is 11.8 Å². The first-order valence-corrected chi connectivity index (χ1v) is 11.0. The van der Waals surface area contributed by atoms with Gasteiger partial charge in [0.2, 0.25) is 5.91 Å². The number of hydrogen-bond acceptors (Lipinski definition) is 5. The number of anilines is 1. The van der Waals surface area contributed by atoms with E-state index in [4.69, 9.17) is 10.7 Å². The van der Waals surface area contributed by atoms with Crippen LogP contribution in [0.2, 0.25) is 0 Å². The quantitative estimate of drug-likeness (QED) is 0.527. The highest BCUT2D eigenvalue weighted by molar-refractivity contribution is 6.07. The Morgan fingerprint density at radius 3 is 2.87 bits per heavy atom. The van der Waals surface area contributed by atoms with Crippen molar-refractivity contribution >= 4 is 33.7 Å². The number of aromatic amines is 1. The molecule has 1 saturated heterocycles. The summed E-state index contributed by atoms with van der Waals surface area (Å²) in [5.41, 5.74) is 10.9. The zero-order valence-electron chi connectivity index (χ0n) is 17.9. The van der Waals surface area contributed by atoms with Crippen molar-refractivity contribution in [3.05, 3.63) is 36.3 Å². The molecule has 4 heterocycles. The van der Waals surface area contributed by atoms with Crippen LogP contribution < -0.4 is 5.73 Å². The van der Waals surface area contributed by atoms with Crippen molar-refractivity contribution in [3.8, 4) is 11.3 Å². The van der Waals surface area contributed by atoms with Gasteiger partial charge in [-0.2, -0.15) is 5.10 Å². The summed E-state index contributed by atoms with van der Waals surface area (Å²) in [6.07, 6.45) is 4.29. The summed E-state index contributed by atoms with van der Waals surface area (Å²) in [5.74, 6) is 1.86. The first-order valence-electron chi connectivity index (χ1n) is 11.0. The number of nitrogen functional groups attached to an aromatic ring is 1. The van der Waals surface area contributed by atoms with Crippen LogP contribution in [-0.2, 0) is 11.3 Å². The third kappa shape index (κ3) is 3.22. The molecule has 8 nitrogen and oxygen atoms in total. The van der Waals surface area contributed by atoms with Gasteiger partial charge in [0.25, 0.3) is 0 Å². The minimum absolute atomic E-state index is 0.204. The second-order valence-electron chi connectivity index (χ2n) is 8.14. The van der Waals surface area contributed by atoms with Gasteiger partial charge in [0.15, 0.2) is 5.82 Å². The second kappa shape index (κ2) is 7.68. The van der Waals surface area contributed by atoms with Crippen LogP contribution in [0.5, 0.6) is 0 Å². The summed E-state index contributed by atoms with van der Waals surface area (Å²) in [6.45, 7) is 6.38. The van der Waals surface area contributed by atoms with E-state index in [1.165, 1.54) is 0 Å². The predicted octanol–water partition coefficient (Wildman–Crippen LogP) is 3.69. The first-order chi connectivity index (χ1) is 15.1. The van der Waals surface area contributed by atoms with Gasteiger partial charge in [-0.1, -0.05) is 13.0 Å². The number of fused-ring (bicyclic) bond motifs is 3. The molecule has 8 heteroatoms. The maximum absolute atomic E-state index is 12.3. The molecule has 1 aliphatic heterocycles. The Labute approximate surface area is 180 Å². The number of rotatable bonds is 4. The van der Waals surface area contributed by atoms with Crippen molar-refractivity contribution in [2.75, 3.05) is 18.8 Å². The zero-order valence-corrected chi connectivity index (χ0v) is 17.9. The summed E-state index contributed by atoms with van der Waals surface area (Å²) < 4.78 is 2.26. The Balaban J connectivity index is 1.65. The van der Waals surface area contributed by atoms with E-state index in [2.05, 4.69) is 38.8 Å². The van der Waals surface area contributed by atoms with Crippen LogP contribution in [0.3, 0.4) is 0 Å². The van der Waals surface area contributed by atoms with Crippen molar-refractivity contribution in [1.82, 2.24) is 29.6 Å². The third-order valence-corrected chi connectivity index (χ3v) is 6.30. The fourth-order valence-corrected chi connectivity index (χ4v) is 4.78. The molecular formula is C23H27N7O. The highest BCUT2D eigenvalue weighted by Gasteiger charge is 2.29. The minimum atomic E-state index is 0.204. The fraction of sp³-hybridized carbons (Fsp3) is 0.391. The Morgan fingerprint density at radius 2 is 2.13 bits per heavy atom. The number of aryl methyl sites for hydroxylation is 1. The topological polar surface area (TPSA) is 106 Å². The molecule has 4 aromatic rings. The number of nitrogens with two attached hydrogens (primary N) is 1.